The summed E-state index contributed by atoms with van der Waals surface area (Å²) in [7, 11) is 0. The van der Waals surface area contributed by atoms with Crippen molar-refractivity contribution in [3.8, 4) is 0 Å². The van der Waals surface area contributed by atoms with E-state index in [9.17, 15) is 81.4 Å². The number of nitrogens with one attached hydrogen (secondary N) is 1. The molecule has 4 rings (SSSR count). The van der Waals surface area contributed by atoms with Crippen molar-refractivity contribution in [3.63, 3.8) is 0 Å². The monoisotopic (exact) mass is 839 g/mol. The van der Waals surface area contributed by atoms with Crippen LogP contribution in [0.15, 0.2) is 0 Å². The Morgan fingerprint density at radius 3 is 1.51 bits per heavy atom. The van der Waals surface area contributed by atoms with Gasteiger partial charge >= 0.3 is 0 Å². The molecular weight excluding hydrogens is 782 g/mol. The summed E-state index contributed by atoms with van der Waals surface area (Å²) < 4.78 is 46.6. The van der Waals surface area contributed by atoms with Crippen LogP contribution in [-0.4, -0.2) is 256 Å². The molecule has 0 radical (unpaired) electrons. The normalized spacial score (nSPS) is 46.5. The van der Waals surface area contributed by atoms with Crippen LogP contribution in [0.2, 0.25) is 0 Å². The molecule has 0 unspecified atom stereocenters. The molecule has 16 N–H and O–H groups in total. The highest BCUT2D eigenvalue weighted by Crippen LogP contribution is 2.36. The molecule has 4 aliphatic heterocycles. The number of aliphatic hydroxyl groups excluding tert-OH is 15. The third-order valence-electron chi connectivity index (χ3n) is 10.3. The van der Waals surface area contributed by atoms with Crippen LogP contribution in [0.25, 0.3) is 0 Å². The first-order valence-electron chi connectivity index (χ1n) is 18.2. The lowest BCUT2D eigenvalue weighted by molar-refractivity contribution is -0.395. The average molecular weight is 840 g/mol. The van der Waals surface area contributed by atoms with Crippen LogP contribution in [0, 0.1) is 0 Å². The number of rotatable bonds is 16. The molecular formula is C32H57NO24. The molecule has 24 atom stereocenters. The molecule has 0 bridgehead atoms. The molecule has 4 fully saturated rings. The first-order valence-corrected chi connectivity index (χ1v) is 18.2. The van der Waals surface area contributed by atoms with Gasteiger partial charge in [0.25, 0.3) is 0 Å². The Bertz CT molecular complexity index is 1240. The van der Waals surface area contributed by atoms with Crippen molar-refractivity contribution in [2.24, 2.45) is 0 Å². The van der Waals surface area contributed by atoms with E-state index < -0.39 is 180 Å². The first kappa shape index (κ1) is 48.2. The van der Waals surface area contributed by atoms with Gasteiger partial charge in [-0.3, -0.25) is 4.79 Å². The number of hydrogen-bond donors (Lipinski definition) is 16. The lowest BCUT2D eigenvalue weighted by atomic mass is 9.94. The minimum Gasteiger partial charge on any atom is -0.394 e. The third-order valence-corrected chi connectivity index (χ3v) is 10.3. The van der Waals surface area contributed by atoms with Gasteiger partial charge in [0, 0.05) is 6.92 Å². The molecule has 0 saturated carbocycles. The van der Waals surface area contributed by atoms with Gasteiger partial charge in [0.15, 0.2) is 25.2 Å². The molecule has 0 aliphatic carbocycles. The predicted octanol–water partition coefficient (Wildman–Crippen LogP) is -10.1. The summed E-state index contributed by atoms with van der Waals surface area (Å²) in [6.07, 6.45) is -41.8. The number of amides is 1. The molecule has 1 amide bonds. The molecule has 25 nitrogen and oxygen atoms in total. The maximum absolute atomic E-state index is 12.7. The highest BCUT2D eigenvalue weighted by atomic mass is 16.8. The van der Waals surface area contributed by atoms with Crippen LogP contribution >= 0.6 is 0 Å². The van der Waals surface area contributed by atoms with E-state index in [-0.39, 0.29) is 0 Å². The number of hydrogen-bond acceptors (Lipinski definition) is 24. The molecule has 4 heterocycles. The maximum atomic E-state index is 12.7. The Labute approximate surface area is 325 Å². The second kappa shape index (κ2) is 20.9. The molecule has 0 aromatic heterocycles. The van der Waals surface area contributed by atoms with E-state index in [2.05, 4.69) is 5.32 Å². The minimum absolute atomic E-state index is 0.844. The fraction of sp³-hybridized carbons (Fsp3) is 0.969. The Morgan fingerprint density at radius 1 is 0.561 bits per heavy atom. The van der Waals surface area contributed by atoms with Crippen LogP contribution in [0.4, 0.5) is 0 Å². The van der Waals surface area contributed by atoms with Crippen LogP contribution in [0.3, 0.4) is 0 Å². The van der Waals surface area contributed by atoms with Crippen molar-refractivity contribution in [2.75, 3.05) is 26.4 Å². The molecule has 334 valence electrons. The second-order valence-corrected chi connectivity index (χ2v) is 14.4. The molecule has 4 aliphatic rings. The van der Waals surface area contributed by atoms with Gasteiger partial charge in [-0.15, -0.1) is 0 Å². The third kappa shape index (κ3) is 10.7. The summed E-state index contributed by atoms with van der Waals surface area (Å²) >= 11 is 0. The Morgan fingerprint density at radius 2 is 1.04 bits per heavy atom. The van der Waals surface area contributed by atoms with Gasteiger partial charge in [0.1, 0.15) is 110 Å². The predicted molar refractivity (Wildman–Crippen MR) is 178 cm³/mol. The molecule has 0 spiro atoms. The number of aliphatic hydroxyl groups is 15. The van der Waals surface area contributed by atoms with Crippen molar-refractivity contribution < 1.29 is 119 Å². The summed E-state index contributed by atoms with van der Waals surface area (Å²) in [6, 6.07) is -1.76. The molecule has 25 heteroatoms. The van der Waals surface area contributed by atoms with Crippen molar-refractivity contribution >= 4 is 5.91 Å². The highest BCUT2D eigenvalue weighted by molar-refractivity contribution is 5.73. The number of carbonyl (C=O) groups excluding carboxylic acids is 1. The summed E-state index contributed by atoms with van der Waals surface area (Å²) in [5, 5.41) is 159. The standard InChI is InChI=1S/C32H57NO24/c1-8-16(41)20(45)23(48)30(50-8)56-27-15(33-10(3)38)29(54-25(12(40)5-35)18(43)11(39)4-34)53-14(7-37)26(27)55-32-28(22(47)19(44)13(6-36)52-32)57-31-24(49)21(46)17(42)9(2)51-31/h8-9,11-32,34-37,39-49H,4-7H2,1-3H3,(H,33,38)/t8-,9-,11-,12+,13+,14+,15+,16+,17+,18+,19-,20+,21+,22-,23-,24-,25+,26+,27+,28+,29-,30-,31-,32-/m0/s1. The summed E-state index contributed by atoms with van der Waals surface area (Å²) in [4.78, 5) is 12.7. The van der Waals surface area contributed by atoms with E-state index in [0.717, 1.165) is 6.92 Å². The van der Waals surface area contributed by atoms with E-state index >= 15 is 0 Å². The van der Waals surface area contributed by atoms with E-state index in [1.165, 1.54) is 13.8 Å². The quantitative estimate of drug-likeness (QED) is 0.0686. The van der Waals surface area contributed by atoms with Crippen LogP contribution in [-0.2, 0) is 42.7 Å². The largest absolute Gasteiger partial charge is 0.394 e. The maximum Gasteiger partial charge on any atom is 0.217 e. The van der Waals surface area contributed by atoms with Gasteiger partial charge in [0.2, 0.25) is 5.91 Å². The van der Waals surface area contributed by atoms with Gasteiger partial charge in [0.05, 0.1) is 38.6 Å². The Balaban J connectivity index is 1.80. The van der Waals surface area contributed by atoms with Crippen molar-refractivity contribution in [1.29, 1.82) is 0 Å². The van der Waals surface area contributed by atoms with Gasteiger partial charge in [-0.1, -0.05) is 0 Å². The van der Waals surface area contributed by atoms with Crippen molar-refractivity contribution in [3.05, 3.63) is 0 Å². The molecule has 4 saturated heterocycles. The average Bonchev–Trinajstić information content (AvgIpc) is 3.19. The summed E-state index contributed by atoms with van der Waals surface area (Å²) in [5.74, 6) is -0.844. The van der Waals surface area contributed by atoms with Crippen LogP contribution < -0.4 is 5.32 Å². The lowest BCUT2D eigenvalue weighted by Crippen LogP contribution is -2.71. The first-order chi connectivity index (χ1) is 26.8. The topological polar surface area (TPSA) is 406 Å². The zero-order valence-electron chi connectivity index (χ0n) is 31.1. The summed E-state index contributed by atoms with van der Waals surface area (Å²) in [6.45, 7) is -0.450. The summed E-state index contributed by atoms with van der Waals surface area (Å²) in [5.41, 5.74) is 0. The highest BCUT2D eigenvalue weighted by Gasteiger charge is 2.57. The smallest absolute Gasteiger partial charge is 0.217 e. The number of ether oxygens (including phenoxy) is 8. The SMILES string of the molecule is CC(=O)N[C@H]1[C@H](O[C@@H]([C@H](O)[C@@H](O)CO)[C@H](O)CO)O[C@H](CO)[C@@H](O[C@@H]2O[C@H](CO)[C@H](O)[C@H](O)[C@H]2O[C@@H]2O[C@@H](C)[C@@H](O)[C@@H](O)[C@@H]2O)[C@@H]1O[C@@H]1O[C@@H](C)[C@@H](O)[C@@H](O)[C@@H]1O. The van der Waals surface area contributed by atoms with E-state index in [1.54, 1.807) is 0 Å². The molecule has 0 aromatic rings. The fourth-order valence-electron chi connectivity index (χ4n) is 6.89. The Hall–Kier alpha value is -1.45. The number of carbonyl (C=O) groups is 1. The zero-order valence-corrected chi connectivity index (χ0v) is 31.1. The van der Waals surface area contributed by atoms with Gasteiger partial charge in [-0.05, 0) is 13.8 Å². The van der Waals surface area contributed by atoms with Crippen molar-refractivity contribution in [1.82, 2.24) is 5.32 Å². The van der Waals surface area contributed by atoms with Gasteiger partial charge in [-0.25, -0.2) is 0 Å². The minimum atomic E-state index is -2.13. The molecule has 0 aromatic carbocycles. The lowest BCUT2D eigenvalue weighted by Gasteiger charge is -2.51. The van der Waals surface area contributed by atoms with E-state index in [0.29, 0.717) is 0 Å². The van der Waals surface area contributed by atoms with Crippen LogP contribution in [0.5, 0.6) is 0 Å². The zero-order chi connectivity index (χ0) is 42.6. The fourth-order valence-corrected chi connectivity index (χ4v) is 6.89. The van der Waals surface area contributed by atoms with Crippen molar-refractivity contribution in [2.45, 2.75) is 168 Å². The van der Waals surface area contributed by atoms with Gasteiger partial charge in [-0.2, -0.15) is 0 Å². The second-order valence-electron chi connectivity index (χ2n) is 14.4. The van der Waals surface area contributed by atoms with Crippen LogP contribution in [0.1, 0.15) is 20.8 Å². The Kier molecular flexibility index (Phi) is 17.7. The molecule has 57 heavy (non-hydrogen) atoms. The van der Waals surface area contributed by atoms with Gasteiger partial charge < -0.3 is 120 Å². The van der Waals surface area contributed by atoms with E-state index in [4.69, 9.17) is 37.9 Å². The van der Waals surface area contributed by atoms with E-state index in [1.807, 2.05) is 0 Å².